The number of non-ortho nitro benzene ring substituents is 1. The number of carbonyl (C=O) groups excluding carboxylic acids is 1. The highest BCUT2D eigenvalue weighted by molar-refractivity contribution is 6.32. The Hall–Kier alpha value is -2.66. The number of hydrogen-bond donors (Lipinski definition) is 1. The molecule has 1 N–H and O–H groups in total. The summed E-state index contributed by atoms with van der Waals surface area (Å²) in [6.07, 6.45) is 2.95. The number of amides is 1. The van der Waals surface area contributed by atoms with Gasteiger partial charge in [0.25, 0.3) is 5.69 Å². The van der Waals surface area contributed by atoms with Gasteiger partial charge in [0.05, 0.1) is 4.92 Å². The number of nitro benzene ring substituents is 1. The second-order valence-electron chi connectivity index (χ2n) is 4.15. The number of nitrogens with one attached hydrogen (secondary N) is 1. The second-order valence-corrected chi connectivity index (χ2v) is 4.56. The smallest absolute Gasteiger partial charge is 0.269 e. The van der Waals surface area contributed by atoms with Gasteiger partial charge in [0.15, 0.2) is 0 Å². The van der Waals surface area contributed by atoms with Crippen LogP contribution in [0.3, 0.4) is 0 Å². The van der Waals surface area contributed by atoms with E-state index in [2.05, 4.69) is 5.32 Å². The van der Waals surface area contributed by atoms with E-state index in [-0.39, 0.29) is 11.6 Å². The SMILES string of the molecule is O=C(/C=C/c1ccccc1Cl)Nc1ccc([N+](=O)[O-])cc1. The highest BCUT2D eigenvalue weighted by Crippen LogP contribution is 2.17. The normalized spacial score (nSPS) is 10.5. The van der Waals surface area contributed by atoms with Crippen LogP contribution in [0.4, 0.5) is 11.4 Å². The Kier molecular flexibility index (Phi) is 4.68. The maximum Gasteiger partial charge on any atom is 0.269 e. The van der Waals surface area contributed by atoms with E-state index in [1.807, 2.05) is 6.07 Å². The summed E-state index contributed by atoms with van der Waals surface area (Å²) < 4.78 is 0. The Morgan fingerprint density at radius 2 is 1.81 bits per heavy atom. The average Bonchev–Trinajstić information content (AvgIpc) is 2.47. The van der Waals surface area contributed by atoms with E-state index >= 15 is 0 Å². The lowest BCUT2D eigenvalue weighted by molar-refractivity contribution is -0.384. The van der Waals surface area contributed by atoms with Gasteiger partial charge in [0.2, 0.25) is 5.91 Å². The zero-order valence-electron chi connectivity index (χ0n) is 10.8. The molecule has 0 aliphatic carbocycles. The van der Waals surface area contributed by atoms with Gasteiger partial charge in [-0.15, -0.1) is 0 Å². The summed E-state index contributed by atoms with van der Waals surface area (Å²) in [5.41, 5.74) is 1.19. The molecule has 0 aliphatic rings. The molecule has 0 radical (unpaired) electrons. The molecule has 1 amide bonds. The van der Waals surface area contributed by atoms with E-state index < -0.39 is 4.92 Å². The lowest BCUT2D eigenvalue weighted by atomic mass is 10.2. The lowest BCUT2D eigenvalue weighted by Crippen LogP contribution is -2.07. The van der Waals surface area contributed by atoms with Crippen molar-refractivity contribution in [3.63, 3.8) is 0 Å². The molecule has 2 aromatic rings. The number of hydrogen-bond acceptors (Lipinski definition) is 3. The summed E-state index contributed by atoms with van der Waals surface area (Å²) in [6, 6.07) is 12.7. The van der Waals surface area contributed by atoms with Gasteiger partial charge in [-0.25, -0.2) is 0 Å². The molecule has 0 fully saturated rings. The number of nitro groups is 1. The summed E-state index contributed by atoms with van der Waals surface area (Å²) in [4.78, 5) is 21.8. The zero-order valence-corrected chi connectivity index (χ0v) is 11.6. The predicted molar refractivity (Wildman–Crippen MR) is 82.2 cm³/mol. The highest BCUT2D eigenvalue weighted by Gasteiger charge is 2.05. The van der Waals surface area contributed by atoms with Crippen molar-refractivity contribution in [1.29, 1.82) is 0 Å². The van der Waals surface area contributed by atoms with Crippen LogP contribution in [0.5, 0.6) is 0 Å². The van der Waals surface area contributed by atoms with Crippen LogP contribution in [0.2, 0.25) is 5.02 Å². The second kappa shape index (κ2) is 6.67. The number of benzene rings is 2. The topological polar surface area (TPSA) is 72.2 Å². The maximum atomic E-state index is 11.7. The van der Waals surface area contributed by atoms with Gasteiger partial charge in [-0.2, -0.15) is 0 Å². The van der Waals surface area contributed by atoms with Crippen LogP contribution >= 0.6 is 11.6 Å². The standard InChI is InChI=1S/C15H11ClN2O3/c16-14-4-2-1-3-11(14)5-10-15(19)17-12-6-8-13(9-7-12)18(20)21/h1-10H,(H,17,19)/b10-5+. The first kappa shape index (κ1) is 14.7. The van der Waals surface area contributed by atoms with Crippen molar-refractivity contribution in [3.05, 3.63) is 75.3 Å². The summed E-state index contributed by atoms with van der Waals surface area (Å²) in [7, 11) is 0. The first-order chi connectivity index (χ1) is 10.1. The Bertz CT molecular complexity index is 696. The van der Waals surface area contributed by atoms with Gasteiger partial charge in [-0.3, -0.25) is 14.9 Å². The molecule has 0 saturated carbocycles. The molecule has 0 aliphatic heterocycles. The lowest BCUT2D eigenvalue weighted by Gasteiger charge is -2.01. The Balaban J connectivity index is 2.02. The average molecular weight is 303 g/mol. The van der Waals surface area contributed by atoms with Crippen LogP contribution in [0.15, 0.2) is 54.6 Å². The summed E-state index contributed by atoms with van der Waals surface area (Å²) in [5.74, 6) is -0.344. The molecule has 0 aromatic heterocycles. The molecule has 21 heavy (non-hydrogen) atoms. The van der Waals surface area contributed by atoms with Crippen molar-refractivity contribution >= 4 is 35.0 Å². The fourth-order valence-corrected chi connectivity index (χ4v) is 1.82. The van der Waals surface area contributed by atoms with E-state index in [4.69, 9.17) is 11.6 Å². The fourth-order valence-electron chi connectivity index (χ4n) is 1.63. The van der Waals surface area contributed by atoms with E-state index in [0.717, 1.165) is 5.56 Å². The molecule has 0 atom stereocenters. The minimum atomic E-state index is -0.497. The summed E-state index contributed by atoms with van der Waals surface area (Å²) in [6.45, 7) is 0. The molecular weight excluding hydrogens is 292 g/mol. The monoisotopic (exact) mass is 302 g/mol. The largest absolute Gasteiger partial charge is 0.323 e. The third-order valence-corrected chi connectivity index (χ3v) is 3.01. The quantitative estimate of drug-likeness (QED) is 0.529. The van der Waals surface area contributed by atoms with E-state index in [0.29, 0.717) is 10.7 Å². The van der Waals surface area contributed by atoms with Crippen molar-refractivity contribution in [2.45, 2.75) is 0 Å². The maximum absolute atomic E-state index is 11.7. The highest BCUT2D eigenvalue weighted by atomic mass is 35.5. The molecule has 0 bridgehead atoms. The summed E-state index contributed by atoms with van der Waals surface area (Å²) >= 11 is 5.97. The van der Waals surface area contributed by atoms with Gasteiger partial charge in [0, 0.05) is 28.9 Å². The van der Waals surface area contributed by atoms with Gasteiger partial charge >= 0.3 is 0 Å². The van der Waals surface area contributed by atoms with Gasteiger partial charge < -0.3 is 5.32 Å². The molecule has 0 saturated heterocycles. The first-order valence-electron chi connectivity index (χ1n) is 6.04. The molecule has 6 heteroatoms. The number of halogens is 1. The Morgan fingerprint density at radius 3 is 2.43 bits per heavy atom. The molecule has 0 heterocycles. The Morgan fingerprint density at radius 1 is 1.14 bits per heavy atom. The van der Waals surface area contributed by atoms with Gasteiger partial charge in [-0.1, -0.05) is 29.8 Å². The van der Waals surface area contributed by atoms with Crippen LogP contribution in [0.25, 0.3) is 6.08 Å². The number of rotatable bonds is 4. The van der Waals surface area contributed by atoms with E-state index in [1.54, 1.807) is 24.3 Å². The number of nitrogens with zero attached hydrogens (tertiary/aromatic N) is 1. The summed E-state index contributed by atoms with van der Waals surface area (Å²) in [5, 5.41) is 13.7. The Labute approximate surface area is 126 Å². The third-order valence-electron chi connectivity index (χ3n) is 2.67. The molecule has 5 nitrogen and oxygen atoms in total. The third kappa shape index (κ3) is 4.15. The minimum absolute atomic E-state index is 0.0281. The van der Waals surface area contributed by atoms with Gasteiger partial charge in [0.1, 0.15) is 0 Å². The molecule has 106 valence electrons. The first-order valence-corrected chi connectivity index (χ1v) is 6.42. The van der Waals surface area contributed by atoms with Crippen molar-refractivity contribution in [2.24, 2.45) is 0 Å². The van der Waals surface area contributed by atoms with Crippen LogP contribution in [-0.2, 0) is 4.79 Å². The van der Waals surface area contributed by atoms with Crippen molar-refractivity contribution in [2.75, 3.05) is 5.32 Å². The number of anilines is 1. The van der Waals surface area contributed by atoms with E-state index in [1.165, 1.54) is 30.3 Å². The minimum Gasteiger partial charge on any atom is -0.323 e. The van der Waals surface area contributed by atoms with Crippen molar-refractivity contribution in [1.82, 2.24) is 0 Å². The molecule has 0 spiro atoms. The molecule has 0 unspecified atom stereocenters. The number of carbonyl (C=O) groups is 1. The van der Waals surface area contributed by atoms with Crippen LogP contribution in [0, 0.1) is 10.1 Å². The van der Waals surface area contributed by atoms with E-state index in [9.17, 15) is 14.9 Å². The zero-order chi connectivity index (χ0) is 15.2. The van der Waals surface area contributed by atoms with Crippen molar-refractivity contribution in [3.8, 4) is 0 Å². The predicted octanol–water partition coefficient (Wildman–Crippen LogP) is 3.90. The molecule has 2 rings (SSSR count). The van der Waals surface area contributed by atoms with Crippen LogP contribution in [-0.4, -0.2) is 10.8 Å². The van der Waals surface area contributed by atoms with Crippen molar-refractivity contribution < 1.29 is 9.72 Å². The molecular formula is C15H11ClN2O3. The molecule has 2 aromatic carbocycles. The fraction of sp³-hybridized carbons (Fsp3) is 0. The van der Waals surface area contributed by atoms with Crippen LogP contribution in [0.1, 0.15) is 5.56 Å². The van der Waals surface area contributed by atoms with Gasteiger partial charge in [-0.05, 0) is 29.8 Å². The van der Waals surface area contributed by atoms with Crippen LogP contribution < -0.4 is 5.32 Å².